The number of rotatable bonds is 55. The number of esters is 3. The summed E-state index contributed by atoms with van der Waals surface area (Å²) in [7, 11) is -4.76. The molecule has 0 bridgehead atoms. The van der Waals surface area contributed by atoms with Crippen LogP contribution in [-0.4, -0.2) is 66.5 Å². The topological polar surface area (TPSA) is 155 Å². The standard InChI is InChI=1S/C62H109O11P/c1-4-7-10-13-16-19-22-25-27-28-29-30-32-35-38-41-44-47-50-53-62(66)73-59(55-69-60(64)51-48-45-42-39-36-33-24-21-18-15-12-9-6-3)57-71-74(67,68)70-56-58(54-63)72-61(65)52-49-46-43-40-37-34-31-26-23-20-17-14-11-8-5-2/h8,11,16-17,19-20,25-27,31,37,40,58-59,63H,4-7,9-10,12-15,18,21-24,28-30,32-36,38-39,41-57H2,1-3H3,(H,67,68)/b11-8-,19-16-,20-17-,27-25-,31-26-,40-37-. The molecule has 0 aromatic rings. The van der Waals surface area contributed by atoms with E-state index in [1.165, 1.54) is 116 Å². The molecule has 12 heteroatoms. The van der Waals surface area contributed by atoms with Crippen molar-refractivity contribution in [3.8, 4) is 0 Å². The number of carbonyl (C=O) groups excluding carboxylic acids is 3. The van der Waals surface area contributed by atoms with Crippen molar-refractivity contribution in [2.45, 2.75) is 277 Å². The van der Waals surface area contributed by atoms with Crippen molar-refractivity contribution in [2.24, 2.45) is 0 Å². The van der Waals surface area contributed by atoms with E-state index in [0.717, 1.165) is 89.9 Å². The van der Waals surface area contributed by atoms with Crippen LogP contribution in [0.5, 0.6) is 0 Å². The van der Waals surface area contributed by atoms with E-state index < -0.39 is 57.8 Å². The van der Waals surface area contributed by atoms with Crippen LogP contribution in [0.1, 0.15) is 265 Å². The minimum Gasteiger partial charge on any atom is -0.462 e. The van der Waals surface area contributed by atoms with Gasteiger partial charge in [-0.25, -0.2) is 4.57 Å². The average molecular weight is 1060 g/mol. The van der Waals surface area contributed by atoms with Crippen LogP contribution < -0.4 is 0 Å². The lowest BCUT2D eigenvalue weighted by molar-refractivity contribution is -0.161. The number of hydrogen-bond acceptors (Lipinski definition) is 10. The zero-order chi connectivity index (χ0) is 54.1. The molecule has 0 radical (unpaired) electrons. The van der Waals surface area contributed by atoms with Crippen LogP contribution in [-0.2, 0) is 42.2 Å². The number of ether oxygens (including phenoxy) is 3. The van der Waals surface area contributed by atoms with Crippen LogP contribution >= 0.6 is 7.82 Å². The first-order chi connectivity index (χ1) is 36.2. The summed E-state index contributed by atoms with van der Waals surface area (Å²) in [6.45, 7) is 4.48. The van der Waals surface area contributed by atoms with Gasteiger partial charge in [-0.05, 0) is 89.9 Å². The van der Waals surface area contributed by atoms with Gasteiger partial charge in [-0.15, -0.1) is 0 Å². The molecule has 74 heavy (non-hydrogen) atoms. The predicted octanol–water partition coefficient (Wildman–Crippen LogP) is 17.7. The van der Waals surface area contributed by atoms with Gasteiger partial charge < -0.3 is 24.2 Å². The van der Waals surface area contributed by atoms with Crippen molar-refractivity contribution in [2.75, 3.05) is 26.4 Å². The van der Waals surface area contributed by atoms with Crippen LogP contribution in [0.2, 0.25) is 0 Å². The van der Waals surface area contributed by atoms with Gasteiger partial charge in [-0.1, -0.05) is 229 Å². The van der Waals surface area contributed by atoms with Gasteiger partial charge in [0.2, 0.25) is 0 Å². The lowest BCUT2D eigenvalue weighted by atomic mass is 10.0. The number of phosphoric ester groups is 1. The quantitative estimate of drug-likeness (QED) is 0.0197. The second-order valence-electron chi connectivity index (χ2n) is 19.8. The average Bonchev–Trinajstić information content (AvgIpc) is 3.39. The zero-order valence-electron chi connectivity index (χ0n) is 47.3. The molecule has 11 nitrogen and oxygen atoms in total. The molecule has 0 fully saturated rings. The Labute approximate surface area is 452 Å². The molecule has 0 aromatic carbocycles. The molecular formula is C62H109O11P. The molecule has 0 aliphatic heterocycles. The van der Waals surface area contributed by atoms with E-state index in [4.69, 9.17) is 23.3 Å². The van der Waals surface area contributed by atoms with Crippen molar-refractivity contribution in [3.63, 3.8) is 0 Å². The summed E-state index contributed by atoms with van der Waals surface area (Å²) >= 11 is 0. The molecule has 0 aliphatic rings. The molecule has 0 aliphatic carbocycles. The normalized spacial score (nSPS) is 13.9. The molecule has 0 saturated heterocycles. The molecule has 0 aromatic heterocycles. The number of aliphatic hydroxyl groups excluding tert-OH is 1. The minimum absolute atomic E-state index is 0.124. The number of phosphoric acid groups is 1. The van der Waals surface area contributed by atoms with Crippen molar-refractivity contribution in [1.29, 1.82) is 0 Å². The van der Waals surface area contributed by atoms with E-state index in [-0.39, 0.29) is 25.9 Å². The van der Waals surface area contributed by atoms with Crippen molar-refractivity contribution < 1.29 is 52.2 Å². The Bertz CT molecular complexity index is 1520. The van der Waals surface area contributed by atoms with Crippen LogP contribution in [0.3, 0.4) is 0 Å². The monoisotopic (exact) mass is 1060 g/mol. The van der Waals surface area contributed by atoms with Gasteiger partial charge in [0.1, 0.15) is 12.7 Å². The van der Waals surface area contributed by atoms with Gasteiger partial charge in [0.05, 0.1) is 19.8 Å². The Morgan fingerprint density at radius 1 is 0.392 bits per heavy atom. The van der Waals surface area contributed by atoms with Gasteiger partial charge in [-0.3, -0.25) is 23.4 Å². The maximum Gasteiger partial charge on any atom is 0.472 e. The van der Waals surface area contributed by atoms with Gasteiger partial charge in [0, 0.05) is 19.3 Å². The third-order valence-electron chi connectivity index (χ3n) is 12.6. The maximum absolute atomic E-state index is 12.9. The fourth-order valence-corrected chi connectivity index (χ4v) is 8.87. The van der Waals surface area contributed by atoms with E-state index in [0.29, 0.717) is 19.3 Å². The molecule has 428 valence electrons. The first-order valence-electron chi connectivity index (χ1n) is 29.8. The van der Waals surface area contributed by atoms with Crippen LogP contribution in [0.4, 0.5) is 0 Å². The molecule has 3 unspecified atom stereocenters. The van der Waals surface area contributed by atoms with Crippen molar-refractivity contribution >= 4 is 25.7 Å². The van der Waals surface area contributed by atoms with Crippen LogP contribution in [0.25, 0.3) is 0 Å². The number of carbonyl (C=O) groups is 3. The summed E-state index contributed by atoms with van der Waals surface area (Å²) in [5, 5.41) is 9.81. The number of hydrogen-bond donors (Lipinski definition) is 2. The zero-order valence-corrected chi connectivity index (χ0v) is 48.2. The summed E-state index contributed by atoms with van der Waals surface area (Å²) < 4.78 is 39.5. The van der Waals surface area contributed by atoms with Gasteiger partial charge in [-0.2, -0.15) is 0 Å². The van der Waals surface area contributed by atoms with E-state index in [1.807, 2.05) is 0 Å². The highest BCUT2D eigenvalue weighted by molar-refractivity contribution is 7.47. The van der Waals surface area contributed by atoms with Gasteiger partial charge in [0.15, 0.2) is 6.10 Å². The first-order valence-corrected chi connectivity index (χ1v) is 31.3. The minimum atomic E-state index is -4.76. The highest BCUT2D eigenvalue weighted by Crippen LogP contribution is 2.43. The van der Waals surface area contributed by atoms with Gasteiger partial charge >= 0.3 is 25.7 Å². The Balaban J connectivity index is 4.73. The summed E-state index contributed by atoms with van der Waals surface area (Å²) in [5.41, 5.74) is 0. The summed E-state index contributed by atoms with van der Waals surface area (Å²) in [4.78, 5) is 48.6. The molecule has 0 rings (SSSR count). The summed E-state index contributed by atoms with van der Waals surface area (Å²) in [6.07, 6.45) is 62.9. The van der Waals surface area contributed by atoms with E-state index in [1.54, 1.807) is 0 Å². The fourth-order valence-electron chi connectivity index (χ4n) is 8.08. The SMILES string of the molecule is CC/C=C\C/C=C\C/C=C\C/C=C\CCCCC(=O)OC(CO)COP(=O)(O)OCC(COC(=O)CCCCCCCCCCCCCCC)OC(=O)CCCCCCCCCCC/C=C\C/C=C\CCCCC. The highest BCUT2D eigenvalue weighted by Gasteiger charge is 2.28. The molecule has 2 N–H and O–H groups in total. The Hall–Kier alpha value is -3.08. The molecule has 0 amide bonds. The third kappa shape index (κ3) is 53.7. The Kier molecular flexibility index (Phi) is 53.8. The van der Waals surface area contributed by atoms with Crippen LogP contribution in [0, 0.1) is 0 Å². The summed E-state index contributed by atoms with van der Waals surface area (Å²) in [5.74, 6) is -1.50. The van der Waals surface area contributed by atoms with E-state index in [9.17, 15) is 28.9 Å². The van der Waals surface area contributed by atoms with E-state index >= 15 is 0 Å². The summed E-state index contributed by atoms with van der Waals surface area (Å²) in [6, 6.07) is 0. The lowest BCUT2D eigenvalue weighted by Gasteiger charge is -2.21. The largest absolute Gasteiger partial charge is 0.472 e. The maximum atomic E-state index is 12.9. The molecule has 3 atom stereocenters. The Morgan fingerprint density at radius 3 is 1.14 bits per heavy atom. The predicted molar refractivity (Wildman–Crippen MR) is 307 cm³/mol. The van der Waals surface area contributed by atoms with Crippen LogP contribution in [0.15, 0.2) is 72.9 Å². The smallest absolute Gasteiger partial charge is 0.462 e. The second kappa shape index (κ2) is 56.1. The first kappa shape index (κ1) is 70.9. The molecular weight excluding hydrogens is 952 g/mol. The third-order valence-corrected chi connectivity index (χ3v) is 13.6. The van der Waals surface area contributed by atoms with Gasteiger partial charge in [0.25, 0.3) is 0 Å². The van der Waals surface area contributed by atoms with Crippen molar-refractivity contribution in [3.05, 3.63) is 72.9 Å². The molecule has 0 saturated carbocycles. The second-order valence-corrected chi connectivity index (χ2v) is 21.2. The Morgan fingerprint density at radius 2 is 0.703 bits per heavy atom. The number of unbranched alkanes of at least 4 members (excludes halogenated alkanes) is 26. The fraction of sp³-hybridized carbons (Fsp3) is 0.758. The van der Waals surface area contributed by atoms with E-state index in [2.05, 4.69) is 93.7 Å². The molecule has 0 heterocycles. The molecule has 0 spiro atoms. The number of allylic oxidation sites excluding steroid dienone is 12. The number of aliphatic hydroxyl groups is 1. The highest BCUT2D eigenvalue weighted by atomic mass is 31.2. The lowest BCUT2D eigenvalue weighted by Crippen LogP contribution is -2.30. The van der Waals surface area contributed by atoms with Crippen molar-refractivity contribution in [1.82, 2.24) is 0 Å².